The summed E-state index contributed by atoms with van der Waals surface area (Å²) in [5, 5.41) is 3.44. The maximum Gasteiger partial charge on any atom is 0.142 e. The number of nitrogens with one attached hydrogen (secondary N) is 1. The minimum absolute atomic E-state index is 0.0564. The molecule has 1 aliphatic rings. The van der Waals surface area contributed by atoms with E-state index in [1.807, 2.05) is 13.1 Å². The summed E-state index contributed by atoms with van der Waals surface area (Å²) in [7, 11) is 1.88. The van der Waals surface area contributed by atoms with Crippen molar-refractivity contribution in [3.8, 4) is 0 Å². The zero-order chi connectivity index (χ0) is 9.47. The molecule has 1 saturated carbocycles. The molecular weight excluding hydrogens is 189 g/mol. The Morgan fingerprint density at radius 1 is 1.46 bits per heavy atom. The van der Waals surface area contributed by atoms with Crippen LogP contribution in [0.3, 0.4) is 0 Å². The predicted octanol–water partition coefficient (Wildman–Crippen LogP) is 2.69. The second-order valence-corrected chi connectivity index (χ2v) is 3.81. The molecule has 0 atom stereocenters. The molecule has 1 fully saturated rings. The lowest BCUT2D eigenvalue weighted by atomic mass is 10.1. The molecule has 1 aromatic carbocycles. The minimum Gasteiger partial charge on any atom is -0.310 e. The molecular formula is C10H11ClFN. The molecule has 1 nitrogen and oxygen atoms in total. The van der Waals surface area contributed by atoms with Crippen LogP contribution in [0.1, 0.15) is 18.4 Å². The Morgan fingerprint density at radius 2 is 2.15 bits per heavy atom. The maximum absolute atomic E-state index is 13.1. The third kappa shape index (κ3) is 1.34. The first-order valence-electron chi connectivity index (χ1n) is 4.33. The van der Waals surface area contributed by atoms with Gasteiger partial charge in [-0.1, -0.05) is 23.7 Å². The van der Waals surface area contributed by atoms with Gasteiger partial charge in [0.15, 0.2) is 0 Å². The lowest BCUT2D eigenvalue weighted by molar-refractivity contribution is 0.571. The van der Waals surface area contributed by atoms with E-state index in [9.17, 15) is 4.39 Å². The molecule has 1 aliphatic carbocycles. The van der Waals surface area contributed by atoms with Gasteiger partial charge >= 0.3 is 0 Å². The van der Waals surface area contributed by atoms with E-state index in [1.54, 1.807) is 6.07 Å². The van der Waals surface area contributed by atoms with Crippen LogP contribution in [0.25, 0.3) is 0 Å². The monoisotopic (exact) mass is 199 g/mol. The van der Waals surface area contributed by atoms with Crippen LogP contribution < -0.4 is 5.32 Å². The summed E-state index contributed by atoms with van der Waals surface area (Å²) in [6.07, 6.45) is 2.07. The fourth-order valence-electron chi connectivity index (χ4n) is 1.65. The average Bonchev–Trinajstić information content (AvgIpc) is 2.90. The van der Waals surface area contributed by atoms with Crippen LogP contribution in [-0.2, 0) is 5.54 Å². The molecule has 1 aromatic rings. The summed E-state index contributed by atoms with van der Waals surface area (Å²) in [4.78, 5) is 0. The summed E-state index contributed by atoms with van der Waals surface area (Å²) in [6.45, 7) is 0. The quantitative estimate of drug-likeness (QED) is 0.773. The third-order valence-electron chi connectivity index (χ3n) is 2.70. The van der Waals surface area contributed by atoms with Crippen molar-refractivity contribution in [2.45, 2.75) is 18.4 Å². The topological polar surface area (TPSA) is 12.0 Å². The minimum atomic E-state index is -0.333. The van der Waals surface area contributed by atoms with Gasteiger partial charge in [0.2, 0.25) is 0 Å². The van der Waals surface area contributed by atoms with Crippen molar-refractivity contribution in [3.05, 3.63) is 34.6 Å². The Morgan fingerprint density at radius 3 is 2.69 bits per heavy atom. The predicted molar refractivity (Wildman–Crippen MR) is 51.4 cm³/mol. The molecule has 0 spiro atoms. The Kier molecular flexibility index (Phi) is 2.05. The normalized spacial score (nSPS) is 18.7. The van der Waals surface area contributed by atoms with Gasteiger partial charge in [-0.25, -0.2) is 4.39 Å². The summed E-state index contributed by atoms with van der Waals surface area (Å²) >= 11 is 5.88. The molecule has 3 heteroatoms. The zero-order valence-corrected chi connectivity index (χ0v) is 8.16. The van der Waals surface area contributed by atoms with Crippen LogP contribution in [-0.4, -0.2) is 7.05 Å². The van der Waals surface area contributed by atoms with Crippen molar-refractivity contribution >= 4 is 11.6 Å². The van der Waals surface area contributed by atoms with Gasteiger partial charge in [-0.05, 0) is 31.5 Å². The van der Waals surface area contributed by atoms with E-state index in [4.69, 9.17) is 11.6 Å². The van der Waals surface area contributed by atoms with Gasteiger partial charge in [-0.2, -0.15) is 0 Å². The van der Waals surface area contributed by atoms with Gasteiger partial charge in [0, 0.05) is 5.54 Å². The Labute approximate surface area is 81.9 Å². The van der Waals surface area contributed by atoms with Crippen molar-refractivity contribution in [3.63, 3.8) is 0 Å². The molecule has 1 N–H and O–H groups in total. The molecule has 0 heterocycles. The number of benzene rings is 1. The van der Waals surface area contributed by atoms with Crippen LogP contribution in [0.15, 0.2) is 18.2 Å². The molecule has 0 radical (unpaired) electrons. The molecule has 13 heavy (non-hydrogen) atoms. The SMILES string of the molecule is CNC1(c2cccc(F)c2Cl)CC1. The summed E-state index contributed by atoms with van der Waals surface area (Å²) in [5.74, 6) is -0.333. The van der Waals surface area contributed by atoms with Gasteiger partial charge in [0.1, 0.15) is 5.82 Å². The molecule has 0 saturated heterocycles. The highest BCUT2D eigenvalue weighted by Crippen LogP contribution is 2.47. The molecule has 2 rings (SSSR count). The van der Waals surface area contributed by atoms with E-state index in [-0.39, 0.29) is 16.4 Å². The number of halogens is 2. The highest BCUT2D eigenvalue weighted by Gasteiger charge is 2.44. The van der Waals surface area contributed by atoms with E-state index in [2.05, 4.69) is 5.32 Å². The first-order chi connectivity index (χ1) is 6.19. The van der Waals surface area contributed by atoms with Gasteiger partial charge in [0.25, 0.3) is 0 Å². The number of rotatable bonds is 2. The largest absolute Gasteiger partial charge is 0.310 e. The molecule has 70 valence electrons. The maximum atomic E-state index is 13.1. The van der Waals surface area contributed by atoms with E-state index >= 15 is 0 Å². The van der Waals surface area contributed by atoms with Crippen LogP contribution in [0.5, 0.6) is 0 Å². The lowest BCUT2D eigenvalue weighted by Gasteiger charge is -2.16. The smallest absolute Gasteiger partial charge is 0.142 e. The van der Waals surface area contributed by atoms with E-state index in [0.717, 1.165) is 18.4 Å². The Balaban J connectivity index is 2.46. The lowest BCUT2D eigenvalue weighted by Crippen LogP contribution is -2.25. The first kappa shape index (κ1) is 8.97. The van der Waals surface area contributed by atoms with Gasteiger partial charge in [0.05, 0.1) is 5.02 Å². The van der Waals surface area contributed by atoms with Crippen LogP contribution in [0.2, 0.25) is 5.02 Å². The molecule has 0 amide bonds. The van der Waals surface area contributed by atoms with Gasteiger partial charge < -0.3 is 5.32 Å². The Bertz CT molecular complexity index is 334. The molecule has 0 unspecified atom stereocenters. The first-order valence-corrected chi connectivity index (χ1v) is 4.71. The highest BCUT2D eigenvalue weighted by atomic mass is 35.5. The fraction of sp³-hybridized carbons (Fsp3) is 0.400. The van der Waals surface area contributed by atoms with Crippen LogP contribution >= 0.6 is 11.6 Å². The number of hydrogen-bond donors (Lipinski definition) is 1. The molecule has 0 aromatic heterocycles. The van der Waals surface area contributed by atoms with Crippen molar-refractivity contribution in [2.75, 3.05) is 7.05 Å². The van der Waals surface area contributed by atoms with E-state index in [1.165, 1.54) is 6.07 Å². The van der Waals surface area contributed by atoms with Gasteiger partial charge in [-0.3, -0.25) is 0 Å². The summed E-state index contributed by atoms with van der Waals surface area (Å²) in [6, 6.07) is 4.97. The molecule has 0 aliphatic heterocycles. The van der Waals surface area contributed by atoms with E-state index < -0.39 is 0 Å². The zero-order valence-electron chi connectivity index (χ0n) is 7.40. The standard InChI is InChI=1S/C10H11ClFN/c1-13-10(5-6-10)7-3-2-4-8(12)9(7)11/h2-4,13H,5-6H2,1H3. The van der Waals surface area contributed by atoms with Crippen molar-refractivity contribution in [1.82, 2.24) is 5.32 Å². The van der Waals surface area contributed by atoms with Crippen molar-refractivity contribution in [2.24, 2.45) is 0 Å². The summed E-state index contributed by atoms with van der Waals surface area (Å²) < 4.78 is 13.1. The summed E-state index contributed by atoms with van der Waals surface area (Å²) in [5.41, 5.74) is 0.829. The molecule has 0 bridgehead atoms. The van der Waals surface area contributed by atoms with Crippen LogP contribution in [0.4, 0.5) is 4.39 Å². The second kappa shape index (κ2) is 2.96. The second-order valence-electron chi connectivity index (χ2n) is 3.43. The highest BCUT2D eigenvalue weighted by molar-refractivity contribution is 6.31. The van der Waals surface area contributed by atoms with Crippen molar-refractivity contribution in [1.29, 1.82) is 0 Å². The third-order valence-corrected chi connectivity index (χ3v) is 3.08. The van der Waals surface area contributed by atoms with Crippen molar-refractivity contribution < 1.29 is 4.39 Å². The fourth-order valence-corrected chi connectivity index (χ4v) is 1.96. The van der Waals surface area contributed by atoms with Gasteiger partial charge in [-0.15, -0.1) is 0 Å². The van der Waals surface area contributed by atoms with Crippen LogP contribution in [0, 0.1) is 5.82 Å². The Hall–Kier alpha value is -0.600. The average molecular weight is 200 g/mol. The number of hydrogen-bond acceptors (Lipinski definition) is 1. The van der Waals surface area contributed by atoms with E-state index in [0.29, 0.717) is 0 Å².